The largest absolute Gasteiger partial charge is 0.371 e. The number of carbonyl (C=O) groups excluding carboxylic acids is 1. The van der Waals surface area contributed by atoms with Gasteiger partial charge in [0, 0.05) is 42.9 Å². The summed E-state index contributed by atoms with van der Waals surface area (Å²) >= 11 is 5.93. The summed E-state index contributed by atoms with van der Waals surface area (Å²) in [6.07, 6.45) is 2.94. The molecule has 122 valence electrons. The van der Waals surface area contributed by atoms with Crippen LogP contribution in [0.2, 0.25) is 5.02 Å². The zero-order valence-electron chi connectivity index (χ0n) is 13.7. The molecule has 1 aliphatic rings. The maximum atomic E-state index is 12.2. The summed E-state index contributed by atoms with van der Waals surface area (Å²) in [5.41, 5.74) is 1.20. The molecule has 4 nitrogen and oxygen atoms in total. The van der Waals surface area contributed by atoms with Gasteiger partial charge in [0.1, 0.15) is 0 Å². The lowest BCUT2D eigenvalue weighted by Gasteiger charge is -2.38. The summed E-state index contributed by atoms with van der Waals surface area (Å²) in [4.78, 5) is 16.4. The van der Waals surface area contributed by atoms with Crippen molar-refractivity contribution in [3.05, 3.63) is 29.3 Å². The number of benzene rings is 1. The molecule has 2 rings (SSSR count). The zero-order chi connectivity index (χ0) is 16.1. The Morgan fingerprint density at radius 1 is 1.36 bits per heavy atom. The van der Waals surface area contributed by atoms with Crippen molar-refractivity contribution in [1.82, 2.24) is 10.2 Å². The van der Waals surface area contributed by atoms with Crippen LogP contribution in [0.15, 0.2) is 24.3 Å². The lowest BCUT2D eigenvalue weighted by Crippen LogP contribution is -2.50. The zero-order valence-corrected chi connectivity index (χ0v) is 14.4. The van der Waals surface area contributed by atoms with Crippen LogP contribution in [0.25, 0.3) is 0 Å². The first kappa shape index (κ1) is 16.9. The van der Waals surface area contributed by atoms with Gasteiger partial charge in [0.2, 0.25) is 0 Å². The van der Waals surface area contributed by atoms with E-state index in [1.165, 1.54) is 5.69 Å². The van der Waals surface area contributed by atoms with Gasteiger partial charge in [-0.1, -0.05) is 18.5 Å². The van der Waals surface area contributed by atoms with Crippen molar-refractivity contribution < 1.29 is 4.79 Å². The molecule has 0 saturated carbocycles. The highest BCUT2D eigenvalue weighted by Gasteiger charge is 2.25. The molecule has 1 saturated heterocycles. The van der Waals surface area contributed by atoms with Crippen molar-refractivity contribution in [1.29, 1.82) is 0 Å². The monoisotopic (exact) mass is 323 g/mol. The molecule has 1 heterocycles. The van der Waals surface area contributed by atoms with Gasteiger partial charge in [-0.25, -0.2) is 4.79 Å². The van der Waals surface area contributed by atoms with Gasteiger partial charge in [-0.15, -0.1) is 0 Å². The summed E-state index contributed by atoms with van der Waals surface area (Å²) in [7, 11) is 1.90. The highest BCUT2D eigenvalue weighted by atomic mass is 35.5. The first-order chi connectivity index (χ1) is 10.5. The number of piperidine rings is 1. The fourth-order valence-corrected chi connectivity index (χ4v) is 2.87. The standard InChI is InChI=1S/C17H26ClN3O/c1-4-13(2)19-17(22)20(3)15-9-11-21(12-10-15)16-7-5-14(18)6-8-16/h5-8,13,15H,4,9-12H2,1-3H3,(H,19,22)/t13-/m0/s1. The highest BCUT2D eigenvalue weighted by molar-refractivity contribution is 6.30. The van der Waals surface area contributed by atoms with Crippen LogP contribution in [-0.4, -0.2) is 43.2 Å². The van der Waals surface area contributed by atoms with Gasteiger partial charge < -0.3 is 15.1 Å². The van der Waals surface area contributed by atoms with E-state index in [0.29, 0.717) is 6.04 Å². The second-order valence-corrected chi connectivity index (χ2v) is 6.50. The first-order valence-corrected chi connectivity index (χ1v) is 8.43. The van der Waals surface area contributed by atoms with E-state index in [-0.39, 0.29) is 12.1 Å². The fraction of sp³-hybridized carbons (Fsp3) is 0.588. The maximum Gasteiger partial charge on any atom is 0.317 e. The minimum Gasteiger partial charge on any atom is -0.371 e. The Hall–Kier alpha value is -1.42. The highest BCUT2D eigenvalue weighted by Crippen LogP contribution is 2.23. The molecule has 0 aromatic heterocycles. The molecule has 1 aromatic carbocycles. The van der Waals surface area contributed by atoms with Crippen LogP contribution in [0.4, 0.5) is 10.5 Å². The Balaban J connectivity index is 1.86. The predicted molar refractivity (Wildman–Crippen MR) is 92.7 cm³/mol. The summed E-state index contributed by atoms with van der Waals surface area (Å²) in [6.45, 7) is 6.05. The van der Waals surface area contributed by atoms with Crippen LogP contribution in [0, 0.1) is 0 Å². The van der Waals surface area contributed by atoms with E-state index in [1.54, 1.807) is 0 Å². The van der Waals surface area contributed by atoms with Crippen LogP contribution in [0.1, 0.15) is 33.1 Å². The van der Waals surface area contributed by atoms with E-state index in [1.807, 2.05) is 31.0 Å². The van der Waals surface area contributed by atoms with E-state index >= 15 is 0 Å². The number of nitrogens with one attached hydrogen (secondary N) is 1. The number of nitrogens with zero attached hydrogens (tertiary/aromatic N) is 2. The SMILES string of the molecule is CC[C@H](C)NC(=O)N(C)C1CCN(c2ccc(Cl)cc2)CC1. The third-order valence-corrected chi connectivity index (χ3v) is 4.76. The number of halogens is 1. The number of amides is 2. The minimum atomic E-state index is 0.0410. The van der Waals surface area contributed by atoms with Crippen LogP contribution in [0.5, 0.6) is 0 Å². The minimum absolute atomic E-state index is 0.0410. The molecule has 1 atom stereocenters. The van der Waals surface area contributed by atoms with E-state index in [2.05, 4.69) is 29.3 Å². The number of hydrogen-bond donors (Lipinski definition) is 1. The molecule has 1 N–H and O–H groups in total. The average Bonchev–Trinajstić information content (AvgIpc) is 2.55. The van der Waals surface area contributed by atoms with Gasteiger partial charge in [0.15, 0.2) is 0 Å². The van der Waals surface area contributed by atoms with Crippen molar-refractivity contribution in [3.8, 4) is 0 Å². The third kappa shape index (κ3) is 4.29. The molecule has 0 aliphatic carbocycles. The molecule has 0 unspecified atom stereocenters. The fourth-order valence-electron chi connectivity index (χ4n) is 2.74. The molecule has 0 spiro atoms. The molecule has 1 fully saturated rings. The molecular formula is C17H26ClN3O. The van der Waals surface area contributed by atoms with Crippen molar-refractivity contribution in [2.75, 3.05) is 25.0 Å². The summed E-state index contributed by atoms with van der Waals surface area (Å²) < 4.78 is 0. The Bertz CT molecular complexity index is 483. The topological polar surface area (TPSA) is 35.6 Å². The van der Waals surface area contributed by atoms with E-state index < -0.39 is 0 Å². The second-order valence-electron chi connectivity index (χ2n) is 6.06. The number of rotatable bonds is 4. The van der Waals surface area contributed by atoms with Crippen LogP contribution < -0.4 is 10.2 Å². The molecule has 5 heteroatoms. The Labute approximate surface area is 138 Å². The van der Waals surface area contributed by atoms with Gasteiger partial charge in [-0.3, -0.25) is 0 Å². The van der Waals surface area contributed by atoms with E-state index in [4.69, 9.17) is 11.6 Å². The lowest BCUT2D eigenvalue weighted by molar-refractivity contribution is 0.176. The van der Waals surface area contributed by atoms with Gasteiger partial charge in [0.25, 0.3) is 0 Å². The Morgan fingerprint density at radius 3 is 2.50 bits per heavy atom. The second kappa shape index (κ2) is 7.73. The summed E-state index contributed by atoms with van der Waals surface area (Å²) in [5, 5.41) is 3.80. The van der Waals surface area contributed by atoms with Crippen molar-refractivity contribution in [3.63, 3.8) is 0 Å². The van der Waals surface area contributed by atoms with Gasteiger partial charge in [-0.2, -0.15) is 0 Å². The Morgan fingerprint density at radius 2 is 1.95 bits per heavy atom. The van der Waals surface area contributed by atoms with Crippen molar-refractivity contribution in [2.45, 2.75) is 45.2 Å². The van der Waals surface area contributed by atoms with Gasteiger partial charge >= 0.3 is 6.03 Å². The van der Waals surface area contributed by atoms with Gasteiger partial charge in [-0.05, 0) is 50.5 Å². The smallest absolute Gasteiger partial charge is 0.317 e. The average molecular weight is 324 g/mol. The quantitative estimate of drug-likeness (QED) is 0.916. The van der Waals surface area contributed by atoms with Crippen molar-refractivity contribution >= 4 is 23.3 Å². The Kier molecular flexibility index (Phi) is 5.95. The molecule has 0 bridgehead atoms. The molecule has 0 radical (unpaired) electrons. The van der Waals surface area contributed by atoms with E-state index in [0.717, 1.165) is 37.4 Å². The predicted octanol–water partition coefficient (Wildman–Crippen LogP) is 3.75. The summed E-state index contributed by atoms with van der Waals surface area (Å²) in [5.74, 6) is 0. The molecule has 2 amide bonds. The van der Waals surface area contributed by atoms with Crippen LogP contribution in [0.3, 0.4) is 0 Å². The van der Waals surface area contributed by atoms with Gasteiger partial charge in [0.05, 0.1) is 0 Å². The number of hydrogen-bond acceptors (Lipinski definition) is 2. The first-order valence-electron chi connectivity index (χ1n) is 8.05. The van der Waals surface area contributed by atoms with E-state index in [9.17, 15) is 4.79 Å². The molecule has 1 aliphatic heterocycles. The lowest BCUT2D eigenvalue weighted by atomic mass is 10.0. The maximum absolute atomic E-state index is 12.2. The molecule has 1 aromatic rings. The van der Waals surface area contributed by atoms with Crippen LogP contribution >= 0.6 is 11.6 Å². The third-order valence-electron chi connectivity index (χ3n) is 4.51. The normalized spacial score (nSPS) is 17.2. The van der Waals surface area contributed by atoms with Crippen LogP contribution in [-0.2, 0) is 0 Å². The molecule has 22 heavy (non-hydrogen) atoms. The van der Waals surface area contributed by atoms with Crippen molar-refractivity contribution in [2.24, 2.45) is 0 Å². The number of carbonyl (C=O) groups is 1. The number of urea groups is 1. The molecular weight excluding hydrogens is 298 g/mol. The number of anilines is 1. The summed E-state index contributed by atoms with van der Waals surface area (Å²) in [6, 6.07) is 8.55.